The van der Waals surface area contributed by atoms with Gasteiger partial charge in [0, 0.05) is 48.3 Å². The van der Waals surface area contributed by atoms with Crippen molar-refractivity contribution in [3.8, 4) is 0 Å². The Hall–Kier alpha value is -2.74. The van der Waals surface area contributed by atoms with Crippen LogP contribution in [0.5, 0.6) is 0 Å². The summed E-state index contributed by atoms with van der Waals surface area (Å²) < 4.78 is 0. The van der Waals surface area contributed by atoms with Crippen molar-refractivity contribution in [2.24, 2.45) is 0 Å². The smallest absolute Gasteiger partial charge is 0.0452 e. The van der Waals surface area contributed by atoms with Gasteiger partial charge >= 0.3 is 0 Å². The lowest BCUT2D eigenvalue weighted by Crippen LogP contribution is -2.22. The molecule has 28 heavy (non-hydrogen) atoms. The molecule has 0 atom stereocenters. The molecule has 0 aliphatic rings. The topological polar surface area (TPSA) is 6.48 Å². The molecule has 0 saturated carbocycles. The molecule has 0 spiro atoms. The normalized spacial score (nSPS) is 11.4. The average Bonchev–Trinajstić information content (AvgIpc) is 2.75. The average molecular weight is 371 g/mol. The summed E-state index contributed by atoms with van der Waals surface area (Å²) in [5.74, 6) is 0. The van der Waals surface area contributed by atoms with Crippen molar-refractivity contribution in [1.82, 2.24) is 0 Å². The lowest BCUT2D eigenvalue weighted by atomic mass is 9.94. The summed E-state index contributed by atoms with van der Waals surface area (Å²) in [7, 11) is 0. The zero-order valence-corrected chi connectivity index (χ0v) is 17.5. The van der Waals surface area contributed by atoms with Gasteiger partial charge in [-0.1, -0.05) is 48.5 Å². The van der Waals surface area contributed by atoms with Gasteiger partial charge in [0.2, 0.25) is 0 Å². The van der Waals surface area contributed by atoms with Crippen LogP contribution in [0.15, 0.2) is 60.7 Å². The van der Waals surface area contributed by atoms with Crippen molar-refractivity contribution in [2.45, 2.75) is 27.7 Å². The third-order valence-corrected chi connectivity index (χ3v) is 6.05. The van der Waals surface area contributed by atoms with Crippen molar-refractivity contribution < 1.29 is 0 Å². The predicted molar refractivity (Wildman–Crippen MR) is 126 cm³/mol. The summed E-state index contributed by atoms with van der Waals surface area (Å²) in [6, 6.07) is 22.6. The van der Waals surface area contributed by atoms with Crippen molar-refractivity contribution in [3.05, 3.63) is 60.7 Å². The summed E-state index contributed by atoms with van der Waals surface area (Å²) in [5, 5.41) is 8.10. The second kappa shape index (κ2) is 7.71. The quantitative estimate of drug-likeness (QED) is 0.343. The van der Waals surface area contributed by atoms with E-state index < -0.39 is 0 Å². The Morgan fingerprint density at radius 3 is 1.11 bits per heavy atom. The van der Waals surface area contributed by atoms with Crippen molar-refractivity contribution >= 4 is 43.7 Å². The summed E-state index contributed by atoms with van der Waals surface area (Å²) in [4.78, 5) is 4.93. The predicted octanol–water partition coefficient (Wildman–Crippen LogP) is 6.84. The molecule has 0 aliphatic carbocycles. The molecular formula is C26H30N2. The summed E-state index contributed by atoms with van der Waals surface area (Å²) in [6.45, 7) is 13.0. The first-order chi connectivity index (χ1) is 13.7. The SMILES string of the molecule is CCN(CC)c1cc2c3ccccc3c(N(CC)CC)cc2c2ccccc12. The lowest BCUT2D eigenvalue weighted by molar-refractivity contribution is 0.870. The van der Waals surface area contributed by atoms with E-state index in [4.69, 9.17) is 0 Å². The Labute approximate surface area is 168 Å². The first-order valence-corrected chi connectivity index (χ1v) is 10.6. The molecule has 4 aromatic rings. The number of hydrogen-bond donors (Lipinski definition) is 0. The number of hydrogen-bond acceptors (Lipinski definition) is 2. The number of nitrogens with zero attached hydrogens (tertiary/aromatic N) is 2. The van der Waals surface area contributed by atoms with Gasteiger partial charge in [-0.25, -0.2) is 0 Å². The molecule has 0 N–H and O–H groups in total. The fourth-order valence-electron chi connectivity index (χ4n) is 4.56. The van der Waals surface area contributed by atoms with Gasteiger partial charge < -0.3 is 9.80 Å². The highest BCUT2D eigenvalue weighted by Gasteiger charge is 2.16. The number of anilines is 2. The van der Waals surface area contributed by atoms with Gasteiger partial charge in [-0.15, -0.1) is 0 Å². The molecule has 0 heterocycles. The highest BCUT2D eigenvalue weighted by molar-refractivity contribution is 6.23. The fraction of sp³-hybridized carbons (Fsp3) is 0.308. The van der Waals surface area contributed by atoms with E-state index >= 15 is 0 Å². The molecule has 0 radical (unpaired) electrons. The van der Waals surface area contributed by atoms with Crippen molar-refractivity contribution in [2.75, 3.05) is 36.0 Å². The molecule has 4 rings (SSSR count). The Balaban J connectivity index is 2.19. The summed E-state index contributed by atoms with van der Waals surface area (Å²) in [6.07, 6.45) is 0. The number of rotatable bonds is 6. The van der Waals surface area contributed by atoms with Crippen LogP contribution in [-0.4, -0.2) is 26.2 Å². The molecule has 0 aromatic heterocycles. The van der Waals surface area contributed by atoms with Crippen LogP contribution in [-0.2, 0) is 0 Å². The van der Waals surface area contributed by atoms with Gasteiger partial charge in [-0.05, 0) is 61.4 Å². The maximum absolute atomic E-state index is 2.47. The summed E-state index contributed by atoms with van der Waals surface area (Å²) in [5.41, 5.74) is 2.68. The van der Waals surface area contributed by atoms with Gasteiger partial charge in [0.25, 0.3) is 0 Å². The Morgan fingerprint density at radius 2 is 0.786 bits per heavy atom. The third-order valence-electron chi connectivity index (χ3n) is 6.05. The van der Waals surface area contributed by atoms with Crippen LogP contribution in [0.3, 0.4) is 0 Å². The molecule has 0 aliphatic heterocycles. The van der Waals surface area contributed by atoms with E-state index in [1.54, 1.807) is 0 Å². The van der Waals surface area contributed by atoms with E-state index in [-0.39, 0.29) is 0 Å². The zero-order chi connectivity index (χ0) is 19.7. The maximum Gasteiger partial charge on any atom is 0.0452 e. The Morgan fingerprint density at radius 1 is 0.464 bits per heavy atom. The highest BCUT2D eigenvalue weighted by Crippen LogP contribution is 2.41. The van der Waals surface area contributed by atoms with Crippen LogP contribution < -0.4 is 9.80 Å². The van der Waals surface area contributed by atoms with Crippen LogP contribution in [0.25, 0.3) is 32.3 Å². The molecular weight excluding hydrogens is 340 g/mol. The van der Waals surface area contributed by atoms with Gasteiger partial charge in [-0.2, -0.15) is 0 Å². The van der Waals surface area contributed by atoms with E-state index in [0.29, 0.717) is 0 Å². The number of fused-ring (bicyclic) bond motifs is 5. The summed E-state index contributed by atoms with van der Waals surface area (Å²) >= 11 is 0. The molecule has 4 aromatic carbocycles. The minimum Gasteiger partial charge on any atom is -0.372 e. The largest absolute Gasteiger partial charge is 0.372 e. The molecule has 0 bridgehead atoms. The van der Waals surface area contributed by atoms with Crippen LogP contribution in [0.2, 0.25) is 0 Å². The third kappa shape index (κ3) is 2.88. The molecule has 0 saturated heterocycles. The molecule has 0 unspecified atom stereocenters. The van der Waals surface area contributed by atoms with E-state index in [9.17, 15) is 0 Å². The lowest BCUT2D eigenvalue weighted by Gasteiger charge is -2.27. The molecule has 2 nitrogen and oxygen atoms in total. The monoisotopic (exact) mass is 370 g/mol. The second-order valence-electron chi connectivity index (χ2n) is 7.32. The van der Waals surface area contributed by atoms with E-state index in [2.05, 4.69) is 98.2 Å². The van der Waals surface area contributed by atoms with Crippen LogP contribution in [0.4, 0.5) is 11.4 Å². The molecule has 0 fully saturated rings. The van der Waals surface area contributed by atoms with Crippen LogP contribution in [0.1, 0.15) is 27.7 Å². The van der Waals surface area contributed by atoms with Gasteiger partial charge in [0.15, 0.2) is 0 Å². The van der Waals surface area contributed by atoms with Gasteiger partial charge in [0.05, 0.1) is 0 Å². The van der Waals surface area contributed by atoms with Crippen molar-refractivity contribution in [3.63, 3.8) is 0 Å². The van der Waals surface area contributed by atoms with Crippen LogP contribution >= 0.6 is 0 Å². The first-order valence-electron chi connectivity index (χ1n) is 10.6. The fourth-order valence-corrected chi connectivity index (χ4v) is 4.56. The van der Waals surface area contributed by atoms with E-state index in [1.165, 1.54) is 43.7 Å². The zero-order valence-electron chi connectivity index (χ0n) is 17.5. The molecule has 144 valence electrons. The minimum atomic E-state index is 1.02. The Kier molecular flexibility index (Phi) is 5.13. The van der Waals surface area contributed by atoms with E-state index in [0.717, 1.165) is 26.2 Å². The van der Waals surface area contributed by atoms with E-state index in [1.807, 2.05) is 0 Å². The maximum atomic E-state index is 2.47. The first kappa shape index (κ1) is 18.6. The number of benzene rings is 4. The minimum absolute atomic E-state index is 1.02. The van der Waals surface area contributed by atoms with Crippen LogP contribution in [0, 0.1) is 0 Å². The van der Waals surface area contributed by atoms with Gasteiger partial charge in [0.1, 0.15) is 0 Å². The highest BCUT2D eigenvalue weighted by atomic mass is 15.1. The molecule has 0 amide bonds. The molecule has 2 heteroatoms. The second-order valence-corrected chi connectivity index (χ2v) is 7.32. The standard InChI is InChI=1S/C26H30N2/c1-5-27(6-2)25-17-23-20-14-10-12-16-22(20)26(28(7-3)8-4)18-24(23)19-13-9-11-15-21(19)25/h9-18H,5-8H2,1-4H3. The van der Waals surface area contributed by atoms with Crippen molar-refractivity contribution in [1.29, 1.82) is 0 Å². The van der Waals surface area contributed by atoms with Gasteiger partial charge in [-0.3, -0.25) is 0 Å². The Bertz CT molecular complexity index is 1030.